The summed E-state index contributed by atoms with van der Waals surface area (Å²) in [5, 5.41) is 2.80. The molecule has 1 aliphatic heterocycles. The molecule has 0 aliphatic carbocycles. The normalized spacial score (nSPS) is 13.9. The van der Waals surface area contributed by atoms with Gasteiger partial charge in [0.05, 0.1) is 18.1 Å². The van der Waals surface area contributed by atoms with Gasteiger partial charge in [0, 0.05) is 32.7 Å². The molecule has 4 rings (SSSR count). The van der Waals surface area contributed by atoms with Crippen LogP contribution in [0.4, 0.5) is 5.82 Å². The molecule has 0 atom stereocenters. The minimum Gasteiger partial charge on any atom is -0.463 e. The molecule has 3 aromatic heterocycles. The molecule has 3 aromatic rings. The molecular formula is C22H22N4O4. The first-order valence-electron chi connectivity index (χ1n) is 9.69. The molecule has 0 aromatic carbocycles. The number of pyridine rings is 1. The Morgan fingerprint density at radius 2 is 1.83 bits per heavy atom. The molecule has 0 saturated carbocycles. The number of carbonyl (C=O) groups is 2. The highest BCUT2D eigenvalue weighted by Crippen LogP contribution is 2.26. The largest absolute Gasteiger partial charge is 0.463 e. The number of nitrogens with one attached hydrogen (secondary N) is 1. The highest BCUT2D eigenvalue weighted by molar-refractivity contribution is 5.99. The highest BCUT2D eigenvalue weighted by atomic mass is 16.3. The van der Waals surface area contributed by atoms with Gasteiger partial charge in [-0.2, -0.15) is 0 Å². The first kappa shape index (κ1) is 19.5. The Kier molecular flexibility index (Phi) is 5.65. The van der Waals surface area contributed by atoms with Crippen molar-refractivity contribution in [3.05, 3.63) is 72.9 Å². The Morgan fingerprint density at radius 1 is 1.07 bits per heavy atom. The van der Waals surface area contributed by atoms with Crippen molar-refractivity contribution in [2.45, 2.75) is 0 Å². The van der Waals surface area contributed by atoms with E-state index >= 15 is 0 Å². The summed E-state index contributed by atoms with van der Waals surface area (Å²) in [6.07, 6.45) is 4.70. The van der Waals surface area contributed by atoms with Gasteiger partial charge < -0.3 is 24.0 Å². The summed E-state index contributed by atoms with van der Waals surface area (Å²) in [5.74, 6) is 1.15. The monoisotopic (exact) mass is 406 g/mol. The standard InChI is InChI=1S/C22H22N4O4/c1-2-9-23-21(27)16-7-8-17(18-5-3-14-29-18)24-20(16)25-10-12-26(13-11-25)22(28)19-6-4-15-30-19/h2-8,14-15H,1,9-13H2,(H,23,27). The fraction of sp³-hybridized carbons (Fsp3) is 0.227. The van der Waals surface area contributed by atoms with Gasteiger partial charge >= 0.3 is 0 Å². The summed E-state index contributed by atoms with van der Waals surface area (Å²) in [5.41, 5.74) is 1.11. The third-order valence-corrected chi connectivity index (χ3v) is 4.90. The van der Waals surface area contributed by atoms with E-state index in [0.717, 1.165) is 0 Å². The third kappa shape index (κ3) is 3.98. The van der Waals surface area contributed by atoms with Crippen molar-refractivity contribution < 1.29 is 18.4 Å². The van der Waals surface area contributed by atoms with E-state index in [2.05, 4.69) is 11.9 Å². The average Bonchev–Trinajstić information content (AvgIpc) is 3.51. The molecule has 30 heavy (non-hydrogen) atoms. The molecule has 154 valence electrons. The summed E-state index contributed by atoms with van der Waals surface area (Å²) in [6, 6.07) is 10.5. The number of anilines is 1. The molecule has 8 nitrogen and oxygen atoms in total. The van der Waals surface area contributed by atoms with E-state index in [1.807, 2.05) is 11.0 Å². The molecule has 2 amide bonds. The number of amides is 2. The van der Waals surface area contributed by atoms with Crippen molar-refractivity contribution in [1.82, 2.24) is 15.2 Å². The topological polar surface area (TPSA) is 91.8 Å². The molecule has 1 N–H and O–H groups in total. The molecule has 0 unspecified atom stereocenters. The second-order valence-corrected chi connectivity index (χ2v) is 6.80. The lowest BCUT2D eigenvalue weighted by molar-refractivity contribution is 0.0713. The molecule has 0 bridgehead atoms. The van der Waals surface area contributed by atoms with Gasteiger partial charge in [-0.25, -0.2) is 4.98 Å². The van der Waals surface area contributed by atoms with Crippen LogP contribution in [0.5, 0.6) is 0 Å². The van der Waals surface area contributed by atoms with Crippen LogP contribution in [-0.4, -0.2) is 54.4 Å². The summed E-state index contributed by atoms with van der Waals surface area (Å²) in [7, 11) is 0. The van der Waals surface area contributed by atoms with Crippen molar-refractivity contribution in [3.8, 4) is 11.5 Å². The minimum absolute atomic E-state index is 0.138. The lowest BCUT2D eigenvalue weighted by Crippen LogP contribution is -2.49. The predicted molar refractivity (Wildman–Crippen MR) is 111 cm³/mol. The average molecular weight is 406 g/mol. The maximum Gasteiger partial charge on any atom is 0.289 e. The zero-order valence-corrected chi connectivity index (χ0v) is 16.4. The first-order chi connectivity index (χ1) is 14.7. The maximum atomic E-state index is 12.7. The van der Waals surface area contributed by atoms with Crippen LogP contribution >= 0.6 is 0 Å². The number of nitrogens with zero attached hydrogens (tertiary/aromatic N) is 3. The number of rotatable bonds is 6. The highest BCUT2D eigenvalue weighted by Gasteiger charge is 2.27. The van der Waals surface area contributed by atoms with Crippen molar-refractivity contribution in [2.75, 3.05) is 37.6 Å². The SMILES string of the molecule is C=CCNC(=O)c1ccc(-c2ccco2)nc1N1CCN(C(=O)c2ccco2)CC1. The summed E-state index contributed by atoms with van der Waals surface area (Å²) in [4.78, 5) is 33.7. The number of hydrogen-bond acceptors (Lipinski definition) is 6. The van der Waals surface area contributed by atoms with Crippen molar-refractivity contribution in [2.24, 2.45) is 0 Å². The van der Waals surface area contributed by atoms with Gasteiger partial charge in [-0.05, 0) is 36.4 Å². The van der Waals surface area contributed by atoms with Gasteiger partial charge in [0.15, 0.2) is 11.5 Å². The maximum absolute atomic E-state index is 12.7. The van der Waals surface area contributed by atoms with Gasteiger partial charge in [-0.3, -0.25) is 9.59 Å². The van der Waals surface area contributed by atoms with Crippen LogP contribution in [0.2, 0.25) is 0 Å². The fourth-order valence-electron chi connectivity index (χ4n) is 3.37. The van der Waals surface area contributed by atoms with Crippen molar-refractivity contribution in [1.29, 1.82) is 0 Å². The number of carbonyl (C=O) groups excluding carboxylic acids is 2. The number of aromatic nitrogens is 1. The number of hydrogen-bond donors (Lipinski definition) is 1. The summed E-state index contributed by atoms with van der Waals surface area (Å²) >= 11 is 0. The van der Waals surface area contributed by atoms with Gasteiger partial charge in [0.1, 0.15) is 11.5 Å². The van der Waals surface area contributed by atoms with Crippen LogP contribution in [0.25, 0.3) is 11.5 Å². The zero-order valence-electron chi connectivity index (χ0n) is 16.4. The lowest BCUT2D eigenvalue weighted by atomic mass is 10.1. The van der Waals surface area contributed by atoms with E-state index in [0.29, 0.717) is 61.3 Å². The Morgan fingerprint density at radius 3 is 2.50 bits per heavy atom. The van der Waals surface area contributed by atoms with Crippen LogP contribution in [0, 0.1) is 0 Å². The second-order valence-electron chi connectivity index (χ2n) is 6.80. The van der Waals surface area contributed by atoms with E-state index < -0.39 is 0 Å². The minimum atomic E-state index is -0.225. The fourth-order valence-corrected chi connectivity index (χ4v) is 3.37. The first-order valence-corrected chi connectivity index (χ1v) is 9.69. The Labute approximate surface area is 173 Å². The van der Waals surface area contributed by atoms with Crippen LogP contribution in [-0.2, 0) is 0 Å². The van der Waals surface area contributed by atoms with E-state index in [9.17, 15) is 9.59 Å². The van der Waals surface area contributed by atoms with Crippen molar-refractivity contribution >= 4 is 17.6 Å². The summed E-state index contributed by atoms with van der Waals surface area (Å²) < 4.78 is 10.7. The van der Waals surface area contributed by atoms with E-state index in [1.165, 1.54) is 6.26 Å². The predicted octanol–water partition coefficient (Wildman–Crippen LogP) is 2.81. The number of furan rings is 2. The van der Waals surface area contributed by atoms with Crippen LogP contribution in [0.3, 0.4) is 0 Å². The van der Waals surface area contributed by atoms with Gasteiger partial charge in [-0.15, -0.1) is 6.58 Å². The Hall–Kier alpha value is -3.81. The molecule has 4 heterocycles. The molecule has 1 saturated heterocycles. The van der Waals surface area contributed by atoms with E-state index in [-0.39, 0.29) is 11.8 Å². The van der Waals surface area contributed by atoms with Gasteiger partial charge in [0.2, 0.25) is 0 Å². The molecular weight excluding hydrogens is 384 g/mol. The lowest BCUT2D eigenvalue weighted by Gasteiger charge is -2.35. The smallest absolute Gasteiger partial charge is 0.289 e. The van der Waals surface area contributed by atoms with Gasteiger partial charge in [0.25, 0.3) is 11.8 Å². The second kappa shape index (κ2) is 8.69. The Bertz CT molecular complexity index is 1020. The van der Waals surface area contributed by atoms with Crippen molar-refractivity contribution in [3.63, 3.8) is 0 Å². The molecule has 8 heteroatoms. The quantitative estimate of drug-likeness (QED) is 0.633. The zero-order chi connectivity index (χ0) is 20.9. The molecule has 0 spiro atoms. The molecule has 1 aliphatic rings. The Balaban J connectivity index is 1.57. The number of piperazine rings is 1. The van der Waals surface area contributed by atoms with Crippen LogP contribution in [0.1, 0.15) is 20.9 Å². The molecule has 0 radical (unpaired) electrons. The third-order valence-electron chi connectivity index (χ3n) is 4.90. The van der Waals surface area contributed by atoms with Gasteiger partial charge in [-0.1, -0.05) is 6.08 Å². The van der Waals surface area contributed by atoms with E-state index in [1.54, 1.807) is 47.6 Å². The van der Waals surface area contributed by atoms with Crippen LogP contribution < -0.4 is 10.2 Å². The summed E-state index contributed by atoms with van der Waals surface area (Å²) in [6.45, 7) is 6.09. The molecule has 1 fully saturated rings. The van der Waals surface area contributed by atoms with E-state index in [4.69, 9.17) is 13.8 Å². The van der Waals surface area contributed by atoms with Crippen LogP contribution in [0.15, 0.2) is 70.4 Å².